The van der Waals surface area contributed by atoms with E-state index in [2.05, 4.69) is 0 Å². The molecule has 4 aliphatic rings. The molecule has 4 aliphatic heterocycles. The molecule has 0 radical (unpaired) electrons. The molecule has 0 spiro atoms. The first-order valence-electron chi connectivity index (χ1n) is 15.6. The zero-order valence-corrected chi connectivity index (χ0v) is 26.5. The van der Waals surface area contributed by atoms with Crippen LogP contribution in [0.4, 0.5) is 0 Å². The van der Waals surface area contributed by atoms with Crippen molar-refractivity contribution in [1.29, 1.82) is 0 Å². The Bertz CT molecular complexity index is 1290. The van der Waals surface area contributed by atoms with E-state index in [-0.39, 0.29) is 35.5 Å². The summed E-state index contributed by atoms with van der Waals surface area (Å²) >= 11 is 0. The zero-order chi connectivity index (χ0) is 34.3. The molecule has 0 saturated carbocycles. The highest BCUT2D eigenvalue weighted by Gasteiger charge is 2.49. The minimum absolute atomic E-state index is 0.00916. The van der Waals surface area contributed by atoms with Crippen molar-refractivity contribution in [3.63, 3.8) is 0 Å². The molecule has 6 rings (SSSR count). The van der Waals surface area contributed by atoms with Crippen LogP contribution >= 0.6 is 0 Å². The van der Waals surface area contributed by atoms with Crippen LogP contribution in [0.1, 0.15) is 23.3 Å². The number of fused-ring (bicyclic) bond motifs is 1. The molecule has 7 N–H and O–H groups in total. The molecule has 48 heavy (non-hydrogen) atoms. The SMILES string of the molecule is COc1cc(C2OCC3C(c4ccc(OC5OC(OC)C(O)C(O)C5O)c(OC)c4)OCC23)ccc1OC1OC(CO)C(O)C(O)C1O. The van der Waals surface area contributed by atoms with Gasteiger partial charge in [-0.2, -0.15) is 0 Å². The maximum absolute atomic E-state index is 10.4. The Morgan fingerprint density at radius 3 is 1.50 bits per heavy atom. The lowest BCUT2D eigenvalue weighted by atomic mass is 9.85. The fourth-order valence-electron chi connectivity index (χ4n) is 6.68. The van der Waals surface area contributed by atoms with Gasteiger partial charge in [-0.3, -0.25) is 0 Å². The van der Waals surface area contributed by atoms with Gasteiger partial charge in [0.1, 0.15) is 42.7 Å². The molecule has 14 atom stereocenters. The van der Waals surface area contributed by atoms with Crippen LogP contribution in [0.3, 0.4) is 0 Å². The highest BCUT2D eigenvalue weighted by Crippen LogP contribution is 2.52. The predicted octanol–water partition coefficient (Wildman–Crippen LogP) is -1.25. The van der Waals surface area contributed by atoms with Crippen molar-refractivity contribution < 1.29 is 78.4 Å². The van der Waals surface area contributed by atoms with Gasteiger partial charge in [0.15, 0.2) is 29.3 Å². The molecule has 0 bridgehead atoms. The van der Waals surface area contributed by atoms with E-state index in [1.54, 1.807) is 36.4 Å². The monoisotopic (exact) mass is 682 g/mol. The third-order valence-electron chi connectivity index (χ3n) is 9.39. The molecule has 2 aromatic rings. The Morgan fingerprint density at radius 2 is 1.04 bits per heavy atom. The Balaban J connectivity index is 1.14. The van der Waals surface area contributed by atoms with E-state index in [1.165, 1.54) is 21.3 Å². The minimum atomic E-state index is -1.58. The van der Waals surface area contributed by atoms with Crippen LogP contribution in [-0.4, -0.2) is 138 Å². The minimum Gasteiger partial charge on any atom is -0.493 e. The van der Waals surface area contributed by atoms with Gasteiger partial charge in [0, 0.05) is 18.9 Å². The lowest BCUT2D eigenvalue weighted by molar-refractivity contribution is -0.327. The van der Waals surface area contributed by atoms with Crippen molar-refractivity contribution in [2.45, 2.75) is 73.8 Å². The van der Waals surface area contributed by atoms with Crippen LogP contribution < -0.4 is 18.9 Å². The van der Waals surface area contributed by atoms with Gasteiger partial charge in [-0.1, -0.05) is 12.1 Å². The average Bonchev–Trinajstić information content (AvgIpc) is 3.72. The van der Waals surface area contributed by atoms with Gasteiger partial charge in [-0.05, 0) is 35.4 Å². The van der Waals surface area contributed by atoms with Crippen LogP contribution in [0.15, 0.2) is 36.4 Å². The normalized spacial score (nSPS) is 39.5. The first-order chi connectivity index (χ1) is 23.1. The van der Waals surface area contributed by atoms with E-state index in [0.29, 0.717) is 24.7 Å². The second-order valence-electron chi connectivity index (χ2n) is 12.2. The van der Waals surface area contributed by atoms with Gasteiger partial charge in [-0.25, -0.2) is 0 Å². The smallest absolute Gasteiger partial charge is 0.231 e. The van der Waals surface area contributed by atoms with Crippen molar-refractivity contribution in [3.8, 4) is 23.0 Å². The molecule has 4 fully saturated rings. The second-order valence-corrected chi connectivity index (χ2v) is 12.2. The molecule has 4 heterocycles. The van der Waals surface area contributed by atoms with Gasteiger partial charge < -0.3 is 78.4 Å². The number of hydrogen-bond acceptors (Lipinski definition) is 16. The van der Waals surface area contributed by atoms with Crippen molar-refractivity contribution >= 4 is 0 Å². The van der Waals surface area contributed by atoms with Crippen molar-refractivity contribution in [2.24, 2.45) is 11.8 Å². The maximum Gasteiger partial charge on any atom is 0.231 e. The van der Waals surface area contributed by atoms with Crippen LogP contribution in [-0.2, 0) is 23.7 Å². The van der Waals surface area contributed by atoms with Gasteiger partial charge >= 0.3 is 0 Å². The third kappa shape index (κ3) is 6.44. The molecule has 4 saturated heterocycles. The number of ether oxygens (including phenoxy) is 9. The van der Waals surface area contributed by atoms with E-state index >= 15 is 0 Å². The van der Waals surface area contributed by atoms with Crippen LogP contribution in [0.25, 0.3) is 0 Å². The molecule has 16 nitrogen and oxygen atoms in total. The third-order valence-corrected chi connectivity index (χ3v) is 9.39. The van der Waals surface area contributed by atoms with Crippen molar-refractivity contribution in [1.82, 2.24) is 0 Å². The first kappa shape index (κ1) is 35.0. The predicted molar refractivity (Wildman–Crippen MR) is 159 cm³/mol. The average molecular weight is 683 g/mol. The summed E-state index contributed by atoms with van der Waals surface area (Å²) in [6, 6.07) is 10.4. The van der Waals surface area contributed by atoms with E-state index in [0.717, 1.165) is 11.1 Å². The van der Waals surface area contributed by atoms with E-state index < -0.39 is 68.2 Å². The molecule has 14 unspecified atom stereocenters. The lowest BCUT2D eigenvalue weighted by Crippen LogP contribution is -2.60. The molecule has 0 aromatic heterocycles. The number of benzene rings is 2. The Morgan fingerprint density at radius 1 is 0.583 bits per heavy atom. The Labute approximate surface area is 275 Å². The van der Waals surface area contributed by atoms with Crippen molar-refractivity contribution in [3.05, 3.63) is 47.5 Å². The summed E-state index contributed by atoms with van der Waals surface area (Å²) in [5.74, 6) is 1.08. The number of aliphatic hydroxyl groups excluding tert-OH is 7. The Kier molecular flexibility index (Phi) is 10.6. The second kappa shape index (κ2) is 14.6. The van der Waals surface area contributed by atoms with Gasteiger partial charge in [0.25, 0.3) is 0 Å². The largest absolute Gasteiger partial charge is 0.493 e. The fourth-order valence-corrected chi connectivity index (χ4v) is 6.68. The summed E-state index contributed by atoms with van der Waals surface area (Å²) in [6.07, 6.45) is -14.9. The lowest BCUT2D eigenvalue weighted by Gasteiger charge is -2.39. The number of methoxy groups -OCH3 is 3. The summed E-state index contributed by atoms with van der Waals surface area (Å²) in [7, 11) is 4.21. The van der Waals surface area contributed by atoms with Crippen LogP contribution in [0.5, 0.6) is 23.0 Å². The molecule has 16 heteroatoms. The van der Waals surface area contributed by atoms with Crippen LogP contribution in [0.2, 0.25) is 0 Å². The number of rotatable bonds is 10. The summed E-state index contributed by atoms with van der Waals surface area (Å²) in [5, 5.41) is 70.7. The topological polar surface area (TPSA) is 225 Å². The standard InChI is InChI=1S/C32H42O16/c1-40-19-8-13(4-6-17(19)45-31-26(38)23(35)22(34)21(10-33)47-31)28-15-11-44-29(16(15)12-43-28)14-5-7-18(20(9-14)41-2)46-32-27(39)24(36)25(37)30(42-3)48-32/h4-9,15-16,21-39H,10-12H2,1-3H3. The first-order valence-corrected chi connectivity index (χ1v) is 15.6. The molecule has 0 amide bonds. The van der Waals surface area contributed by atoms with E-state index in [4.69, 9.17) is 42.6 Å². The maximum atomic E-state index is 10.4. The fraction of sp³-hybridized carbons (Fsp3) is 0.625. The zero-order valence-electron chi connectivity index (χ0n) is 26.5. The summed E-state index contributed by atoms with van der Waals surface area (Å²) in [4.78, 5) is 0. The number of hydrogen-bond donors (Lipinski definition) is 7. The number of aliphatic hydroxyl groups is 7. The van der Waals surface area contributed by atoms with E-state index in [1.807, 2.05) is 0 Å². The molecule has 266 valence electrons. The van der Waals surface area contributed by atoms with Crippen molar-refractivity contribution in [2.75, 3.05) is 41.2 Å². The molecule has 2 aromatic carbocycles. The summed E-state index contributed by atoms with van der Waals surface area (Å²) in [6.45, 7) is 0.237. The highest BCUT2D eigenvalue weighted by atomic mass is 16.8. The van der Waals surface area contributed by atoms with E-state index in [9.17, 15) is 35.7 Å². The molecule has 0 aliphatic carbocycles. The molecular formula is C32H42O16. The Hall–Kier alpha value is -2.84. The van der Waals surface area contributed by atoms with Gasteiger partial charge in [-0.15, -0.1) is 0 Å². The molecular weight excluding hydrogens is 640 g/mol. The van der Waals surface area contributed by atoms with Gasteiger partial charge in [0.2, 0.25) is 12.6 Å². The quantitative estimate of drug-likeness (QED) is 0.155. The summed E-state index contributed by atoms with van der Waals surface area (Å²) < 4.78 is 51.3. The van der Waals surface area contributed by atoms with Gasteiger partial charge in [0.05, 0.1) is 46.2 Å². The highest BCUT2D eigenvalue weighted by molar-refractivity contribution is 5.46. The van der Waals surface area contributed by atoms with Crippen LogP contribution in [0, 0.1) is 11.8 Å². The summed E-state index contributed by atoms with van der Waals surface area (Å²) in [5.41, 5.74) is 1.62.